The van der Waals surface area contributed by atoms with E-state index in [0.717, 1.165) is 5.56 Å². The molecule has 4 rings (SSSR count). The first-order valence-corrected chi connectivity index (χ1v) is 8.09. The number of aryl methyl sites for hydroxylation is 1. The minimum atomic E-state index is -0.0470. The Hall–Kier alpha value is -3.26. The number of benzene rings is 2. The lowest BCUT2D eigenvalue weighted by Crippen LogP contribution is -2.17. The number of rotatable bonds is 2. The second-order valence-electron chi connectivity index (χ2n) is 6.34. The van der Waals surface area contributed by atoms with Crippen molar-refractivity contribution in [1.29, 1.82) is 0 Å². The molecule has 0 atom stereocenters. The Morgan fingerprint density at radius 3 is 2.44 bits per heavy atom. The van der Waals surface area contributed by atoms with E-state index in [1.165, 1.54) is 18.1 Å². The highest BCUT2D eigenvalue weighted by Crippen LogP contribution is 2.34. The summed E-state index contributed by atoms with van der Waals surface area (Å²) >= 11 is 0. The third kappa shape index (κ3) is 2.52. The maximum absolute atomic E-state index is 12.0. The largest absolute Gasteiger partial charge is 0.358 e. The molecule has 5 nitrogen and oxygen atoms in total. The average Bonchev–Trinajstić information content (AvgIpc) is 3.03. The zero-order chi connectivity index (χ0) is 17.6. The average molecular weight is 328 g/mol. The molecule has 0 saturated carbocycles. The number of hydrogen-bond acceptors (Lipinski definition) is 4. The van der Waals surface area contributed by atoms with Crippen molar-refractivity contribution in [2.24, 2.45) is 0 Å². The lowest BCUT2D eigenvalue weighted by Gasteiger charge is -2.18. The van der Waals surface area contributed by atoms with Crippen molar-refractivity contribution >= 4 is 28.5 Å². The Morgan fingerprint density at radius 2 is 1.84 bits per heavy atom. The highest BCUT2D eigenvalue weighted by atomic mass is 16.1. The van der Waals surface area contributed by atoms with Gasteiger partial charge in [-0.3, -0.25) is 4.79 Å². The van der Waals surface area contributed by atoms with E-state index in [-0.39, 0.29) is 11.6 Å². The fourth-order valence-electron chi connectivity index (χ4n) is 3.32. The van der Waals surface area contributed by atoms with E-state index in [9.17, 15) is 4.79 Å². The fourth-order valence-corrected chi connectivity index (χ4v) is 3.32. The van der Waals surface area contributed by atoms with Crippen molar-refractivity contribution in [1.82, 2.24) is 9.97 Å². The van der Waals surface area contributed by atoms with E-state index >= 15 is 0 Å². The Kier molecular flexibility index (Phi) is 3.47. The molecule has 1 aliphatic heterocycles. The summed E-state index contributed by atoms with van der Waals surface area (Å²) in [5.41, 5.74) is 5.11. The summed E-state index contributed by atoms with van der Waals surface area (Å²) in [6.45, 7) is 12.3. The number of nitrogens with zero attached hydrogens (tertiary/aromatic N) is 4. The molecular formula is C20H16N4O. The van der Waals surface area contributed by atoms with Crippen LogP contribution in [0.15, 0.2) is 36.4 Å². The van der Waals surface area contributed by atoms with Crippen molar-refractivity contribution in [2.75, 3.05) is 4.90 Å². The van der Waals surface area contributed by atoms with Gasteiger partial charge in [-0.05, 0) is 42.7 Å². The third-order valence-corrected chi connectivity index (χ3v) is 4.50. The molecule has 0 bridgehead atoms. The molecule has 2 aromatic carbocycles. The normalized spacial score (nSPS) is 12.9. The van der Waals surface area contributed by atoms with Crippen LogP contribution in [0, 0.1) is 13.5 Å². The second-order valence-corrected chi connectivity index (χ2v) is 6.34. The van der Waals surface area contributed by atoms with Crippen molar-refractivity contribution in [3.63, 3.8) is 0 Å². The van der Waals surface area contributed by atoms with E-state index in [2.05, 4.69) is 22.0 Å². The van der Waals surface area contributed by atoms with Gasteiger partial charge in [0, 0.05) is 18.7 Å². The van der Waals surface area contributed by atoms with Crippen LogP contribution in [0.2, 0.25) is 0 Å². The predicted octanol–water partition coefficient (Wildman–Crippen LogP) is 4.21. The van der Waals surface area contributed by atoms with Gasteiger partial charge < -0.3 is 9.74 Å². The molecule has 2 heterocycles. The van der Waals surface area contributed by atoms with Crippen molar-refractivity contribution in [3.8, 4) is 0 Å². The molecule has 122 valence electrons. The number of carbonyl (C=O) groups is 1. The molecule has 0 fully saturated rings. The Bertz CT molecular complexity index is 1040. The third-order valence-electron chi connectivity index (χ3n) is 4.50. The Balaban J connectivity index is 1.90. The molecule has 3 aromatic rings. The molecule has 25 heavy (non-hydrogen) atoms. The van der Waals surface area contributed by atoms with Crippen LogP contribution in [0.4, 0.5) is 11.6 Å². The van der Waals surface area contributed by atoms with Gasteiger partial charge in [-0.15, -0.1) is 4.98 Å². The van der Waals surface area contributed by atoms with Gasteiger partial charge in [-0.2, -0.15) is 0 Å². The number of hydrogen-bond donors (Lipinski definition) is 0. The van der Waals surface area contributed by atoms with E-state index in [1.807, 2.05) is 36.1 Å². The van der Waals surface area contributed by atoms with E-state index < -0.39 is 0 Å². The summed E-state index contributed by atoms with van der Waals surface area (Å²) in [6.07, 6.45) is 0. The topological polar surface area (TPSA) is 50.5 Å². The van der Waals surface area contributed by atoms with Crippen LogP contribution >= 0.6 is 0 Å². The van der Waals surface area contributed by atoms with Gasteiger partial charge in [-0.25, -0.2) is 4.98 Å². The van der Waals surface area contributed by atoms with Crippen LogP contribution in [0.1, 0.15) is 34.0 Å². The molecule has 5 heteroatoms. The zero-order valence-electron chi connectivity index (χ0n) is 14.1. The zero-order valence-corrected chi connectivity index (χ0v) is 14.1. The molecule has 0 radical (unpaired) electrons. The van der Waals surface area contributed by atoms with E-state index in [1.54, 1.807) is 0 Å². The van der Waals surface area contributed by atoms with Crippen LogP contribution in [-0.4, -0.2) is 15.8 Å². The molecular weight excluding hydrogens is 312 g/mol. The second kappa shape index (κ2) is 5.67. The first kappa shape index (κ1) is 15.3. The summed E-state index contributed by atoms with van der Waals surface area (Å²) in [6, 6.07) is 11.9. The summed E-state index contributed by atoms with van der Waals surface area (Å²) in [4.78, 5) is 26.9. The summed E-state index contributed by atoms with van der Waals surface area (Å²) in [5, 5.41) is 0. The van der Waals surface area contributed by atoms with Crippen molar-refractivity contribution in [3.05, 3.63) is 70.1 Å². The number of anilines is 1. The SMILES string of the molecule is [C-]#[N+]c1nc2cc(C)cc(C(C)=O)c2nc1N1Cc2ccccc2C1. The fraction of sp³-hybridized carbons (Fsp3) is 0.200. The molecule has 0 aliphatic carbocycles. The van der Waals surface area contributed by atoms with Crippen LogP contribution < -0.4 is 4.90 Å². The predicted molar refractivity (Wildman–Crippen MR) is 96.9 cm³/mol. The molecule has 0 amide bonds. The first-order valence-electron chi connectivity index (χ1n) is 8.09. The Labute approximate surface area is 145 Å². The minimum absolute atomic E-state index is 0.0470. The quantitative estimate of drug-likeness (QED) is 0.522. The molecule has 0 spiro atoms. The number of fused-ring (bicyclic) bond motifs is 2. The molecule has 0 saturated heterocycles. The van der Waals surface area contributed by atoms with Gasteiger partial charge in [0.05, 0.1) is 0 Å². The number of Topliss-reactive ketones (excluding diaryl/α,β-unsaturated/α-hetero) is 1. The van der Waals surface area contributed by atoms with Gasteiger partial charge in [0.15, 0.2) is 17.1 Å². The summed E-state index contributed by atoms with van der Waals surface area (Å²) in [5.74, 6) is 0.777. The van der Waals surface area contributed by atoms with Gasteiger partial charge >= 0.3 is 5.82 Å². The number of carbonyl (C=O) groups excluding carboxylic acids is 1. The highest BCUT2D eigenvalue weighted by molar-refractivity contribution is 6.05. The summed E-state index contributed by atoms with van der Waals surface area (Å²) < 4.78 is 0. The summed E-state index contributed by atoms with van der Waals surface area (Å²) in [7, 11) is 0. The molecule has 1 aliphatic rings. The molecule has 0 unspecified atom stereocenters. The van der Waals surface area contributed by atoms with Crippen LogP contribution in [0.25, 0.3) is 15.9 Å². The number of ketones is 1. The minimum Gasteiger partial charge on any atom is -0.358 e. The lowest BCUT2D eigenvalue weighted by molar-refractivity contribution is 0.101. The van der Waals surface area contributed by atoms with Gasteiger partial charge in [0.2, 0.25) is 0 Å². The lowest BCUT2D eigenvalue weighted by atomic mass is 10.1. The van der Waals surface area contributed by atoms with Crippen LogP contribution in [-0.2, 0) is 13.1 Å². The van der Waals surface area contributed by atoms with Gasteiger partial charge in [0.1, 0.15) is 5.52 Å². The monoisotopic (exact) mass is 328 g/mol. The van der Waals surface area contributed by atoms with Gasteiger partial charge in [-0.1, -0.05) is 30.8 Å². The van der Waals surface area contributed by atoms with E-state index in [4.69, 9.17) is 11.6 Å². The van der Waals surface area contributed by atoms with Crippen molar-refractivity contribution < 1.29 is 4.79 Å². The number of aromatic nitrogens is 2. The van der Waals surface area contributed by atoms with Crippen molar-refractivity contribution in [2.45, 2.75) is 26.9 Å². The van der Waals surface area contributed by atoms with Gasteiger partial charge in [0.25, 0.3) is 0 Å². The standard InChI is InChI=1S/C20H16N4O/c1-12-8-16(13(2)25)18-17(9-12)22-19(21-3)20(23-18)24-10-14-6-4-5-7-15(14)11-24/h4-9H,10-11H2,1-2H3. The Morgan fingerprint density at radius 1 is 1.16 bits per heavy atom. The molecule has 1 aromatic heterocycles. The smallest absolute Gasteiger partial charge is 0.312 e. The van der Waals surface area contributed by atoms with Crippen LogP contribution in [0.5, 0.6) is 0 Å². The highest BCUT2D eigenvalue weighted by Gasteiger charge is 2.25. The maximum atomic E-state index is 12.0. The molecule has 0 N–H and O–H groups in total. The van der Waals surface area contributed by atoms with Crippen LogP contribution in [0.3, 0.4) is 0 Å². The maximum Gasteiger partial charge on any atom is 0.312 e. The first-order chi connectivity index (χ1) is 12.1. The van der Waals surface area contributed by atoms with E-state index in [0.29, 0.717) is 35.5 Å².